The van der Waals surface area contributed by atoms with Crippen molar-refractivity contribution in [3.8, 4) is 0 Å². The fourth-order valence-corrected chi connectivity index (χ4v) is 1.56. The van der Waals surface area contributed by atoms with E-state index in [1.807, 2.05) is 0 Å². The zero-order valence-electron chi connectivity index (χ0n) is 8.14. The van der Waals surface area contributed by atoms with Crippen molar-refractivity contribution < 1.29 is 9.84 Å². The molecule has 1 aromatic heterocycles. The summed E-state index contributed by atoms with van der Waals surface area (Å²) in [6.45, 7) is 0.0288. The second-order valence-electron chi connectivity index (χ2n) is 3.43. The molecular weight excluding hydrogens is 198 g/mol. The van der Waals surface area contributed by atoms with Gasteiger partial charge in [-0.2, -0.15) is 4.98 Å². The lowest BCUT2D eigenvalue weighted by Crippen LogP contribution is -2.23. The van der Waals surface area contributed by atoms with E-state index in [1.165, 1.54) is 6.20 Å². The number of nitrogens with one attached hydrogen (secondary N) is 2. The van der Waals surface area contributed by atoms with Crippen molar-refractivity contribution in [2.75, 3.05) is 11.9 Å². The number of aromatic amines is 1. The monoisotopic (exact) mass is 211 g/mol. The SMILES string of the molecule is O=c1nc(N[C@@H]2CC[C@H](CO)O2)cc[nH]1. The van der Waals surface area contributed by atoms with Gasteiger partial charge in [0.25, 0.3) is 0 Å². The Balaban J connectivity index is 1.95. The summed E-state index contributed by atoms with van der Waals surface area (Å²) in [5.41, 5.74) is -0.392. The molecule has 1 saturated heterocycles. The first-order valence-corrected chi connectivity index (χ1v) is 4.86. The van der Waals surface area contributed by atoms with Gasteiger partial charge in [0.05, 0.1) is 12.7 Å². The number of nitrogens with zero attached hydrogens (tertiary/aromatic N) is 1. The summed E-state index contributed by atoms with van der Waals surface area (Å²) in [6, 6.07) is 1.66. The van der Waals surface area contributed by atoms with Crippen LogP contribution in [0, 0.1) is 0 Å². The highest BCUT2D eigenvalue weighted by atomic mass is 16.5. The average Bonchev–Trinajstić information content (AvgIpc) is 2.65. The predicted octanol–water partition coefficient (Wildman–Crippen LogP) is -0.321. The van der Waals surface area contributed by atoms with E-state index in [2.05, 4.69) is 15.3 Å². The number of aliphatic hydroxyl groups is 1. The molecule has 3 N–H and O–H groups in total. The average molecular weight is 211 g/mol. The van der Waals surface area contributed by atoms with Crippen LogP contribution in [0.15, 0.2) is 17.1 Å². The Hall–Kier alpha value is -1.40. The highest BCUT2D eigenvalue weighted by Crippen LogP contribution is 2.19. The molecule has 0 radical (unpaired) electrons. The number of H-pyrrole nitrogens is 1. The molecule has 1 fully saturated rings. The van der Waals surface area contributed by atoms with E-state index in [-0.39, 0.29) is 18.9 Å². The first-order valence-electron chi connectivity index (χ1n) is 4.86. The normalized spacial score (nSPS) is 25.4. The molecule has 6 heteroatoms. The molecule has 82 valence electrons. The second-order valence-corrected chi connectivity index (χ2v) is 3.43. The molecule has 2 atom stereocenters. The van der Waals surface area contributed by atoms with Gasteiger partial charge in [-0.25, -0.2) is 4.79 Å². The molecule has 0 amide bonds. The van der Waals surface area contributed by atoms with Crippen molar-refractivity contribution in [2.24, 2.45) is 0 Å². The molecule has 0 aliphatic carbocycles. The topological polar surface area (TPSA) is 87.2 Å². The quantitative estimate of drug-likeness (QED) is 0.637. The van der Waals surface area contributed by atoms with Gasteiger partial charge in [-0.3, -0.25) is 0 Å². The van der Waals surface area contributed by atoms with Crippen molar-refractivity contribution >= 4 is 5.82 Å². The first kappa shape index (κ1) is 10.1. The number of aromatic nitrogens is 2. The molecule has 1 aliphatic rings. The van der Waals surface area contributed by atoms with Gasteiger partial charge in [0, 0.05) is 6.20 Å². The van der Waals surface area contributed by atoms with E-state index in [0.29, 0.717) is 5.82 Å². The maximum Gasteiger partial charge on any atom is 0.346 e. The van der Waals surface area contributed by atoms with E-state index < -0.39 is 5.69 Å². The lowest BCUT2D eigenvalue weighted by molar-refractivity contribution is 0.0234. The van der Waals surface area contributed by atoms with Gasteiger partial charge in [0.2, 0.25) is 0 Å². The minimum atomic E-state index is -0.392. The smallest absolute Gasteiger partial charge is 0.346 e. The standard InChI is InChI=1S/C9H13N3O3/c13-5-6-1-2-8(15-6)11-7-3-4-10-9(14)12-7/h3-4,6,8,13H,1-2,5H2,(H2,10,11,12,14)/t6-,8+/m1/s1. The highest BCUT2D eigenvalue weighted by Gasteiger charge is 2.24. The van der Waals surface area contributed by atoms with Crippen LogP contribution in [0.25, 0.3) is 0 Å². The Labute approximate surface area is 86.3 Å². The highest BCUT2D eigenvalue weighted by molar-refractivity contribution is 5.32. The van der Waals surface area contributed by atoms with Crippen LogP contribution in [0.3, 0.4) is 0 Å². The first-order chi connectivity index (χ1) is 7.28. The fourth-order valence-electron chi connectivity index (χ4n) is 1.56. The lowest BCUT2D eigenvalue weighted by Gasteiger charge is -2.13. The molecule has 0 aromatic carbocycles. The summed E-state index contributed by atoms with van der Waals surface area (Å²) >= 11 is 0. The molecule has 2 rings (SSSR count). The number of hydrogen-bond donors (Lipinski definition) is 3. The van der Waals surface area contributed by atoms with Crippen LogP contribution >= 0.6 is 0 Å². The minimum Gasteiger partial charge on any atom is -0.394 e. The Morgan fingerprint density at radius 2 is 2.53 bits per heavy atom. The Bertz CT molecular complexity index is 379. The molecule has 0 unspecified atom stereocenters. The third kappa shape index (κ3) is 2.54. The molecule has 6 nitrogen and oxygen atoms in total. The maximum absolute atomic E-state index is 10.9. The summed E-state index contributed by atoms with van der Waals surface area (Å²) in [7, 11) is 0. The zero-order valence-corrected chi connectivity index (χ0v) is 8.14. The molecule has 2 heterocycles. The molecule has 0 bridgehead atoms. The van der Waals surface area contributed by atoms with Gasteiger partial charge in [0.1, 0.15) is 12.0 Å². The zero-order chi connectivity index (χ0) is 10.7. The van der Waals surface area contributed by atoms with E-state index in [1.54, 1.807) is 6.07 Å². The van der Waals surface area contributed by atoms with E-state index in [4.69, 9.17) is 9.84 Å². The van der Waals surface area contributed by atoms with Crippen LogP contribution in [-0.2, 0) is 4.74 Å². The number of hydrogen-bond acceptors (Lipinski definition) is 5. The van der Waals surface area contributed by atoms with Crippen molar-refractivity contribution in [3.63, 3.8) is 0 Å². The minimum absolute atomic E-state index is 0.0288. The predicted molar refractivity (Wildman–Crippen MR) is 53.5 cm³/mol. The molecule has 0 saturated carbocycles. The lowest BCUT2D eigenvalue weighted by atomic mass is 10.2. The second kappa shape index (κ2) is 4.41. The van der Waals surface area contributed by atoms with Crippen LogP contribution in [0.4, 0.5) is 5.82 Å². The number of rotatable bonds is 3. The summed E-state index contributed by atoms with van der Waals surface area (Å²) < 4.78 is 5.44. The molecule has 15 heavy (non-hydrogen) atoms. The number of ether oxygens (including phenoxy) is 1. The summed E-state index contributed by atoms with van der Waals surface area (Å²) in [5.74, 6) is 0.488. The van der Waals surface area contributed by atoms with Crippen LogP contribution < -0.4 is 11.0 Å². The van der Waals surface area contributed by atoms with Gasteiger partial charge >= 0.3 is 5.69 Å². The summed E-state index contributed by atoms with van der Waals surface area (Å²) in [5, 5.41) is 11.9. The summed E-state index contributed by atoms with van der Waals surface area (Å²) in [4.78, 5) is 17.0. The molecule has 0 spiro atoms. The Morgan fingerprint density at radius 3 is 3.20 bits per heavy atom. The van der Waals surface area contributed by atoms with Crippen LogP contribution in [0.5, 0.6) is 0 Å². The van der Waals surface area contributed by atoms with Gasteiger partial charge in [-0.1, -0.05) is 0 Å². The van der Waals surface area contributed by atoms with E-state index in [0.717, 1.165) is 12.8 Å². The Kier molecular flexibility index (Phi) is 2.98. The molecule has 1 aliphatic heterocycles. The van der Waals surface area contributed by atoms with Crippen LogP contribution in [-0.4, -0.2) is 34.0 Å². The van der Waals surface area contributed by atoms with E-state index >= 15 is 0 Å². The van der Waals surface area contributed by atoms with E-state index in [9.17, 15) is 4.79 Å². The van der Waals surface area contributed by atoms with Crippen LogP contribution in [0.1, 0.15) is 12.8 Å². The molecule has 1 aromatic rings. The van der Waals surface area contributed by atoms with Crippen LogP contribution in [0.2, 0.25) is 0 Å². The number of anilines is 1. The maximum atomic E-state index is 10.9. The van der Waals surface area contributed by atoms with Gasteiger partial charge < -0.3 is 20.1 Å². The van der Waals surface area contributed by atoms with Crippen molar-refractivity contribution in [2.45, 2.75) is 25.2 Å². The third-order valence-corrected chi connectivity index (χ3v) is 2.29. The van der Waals surface area contributed by atoms with Crippen molar-refractivity contribution in [3.05, 3.63) is 22.7 Å². The third-order valence-electron chi connectivity index (χ3n) is 2.29. The summed E-state index contributed by atoms with van der Waals surface area (Å²) in [6.07, 6.45) is 2.87. The largest absolute Gasteiger partial charge is 0.394 e. The molecular formula is C9H13N3O3. The van der Waals surface area contributed by atoms with Gasteiger partial charge in [-0.05, 0) is 18.9 Å². The number of aliphatic hydroxyl groups excluding tert-OH is 1. The van der Waals surface area contributed by atoms with Gasteiger partial charge in [0.15, 0.2) is 0 Å². The van der Waals surface area contributed by atoms with Crippen molar-refractivity contribution in [1.29, 1.82) is 0 Å². The van der Waals surface area contributed by atoms with Crippen molar-refractivity contribution in [1.82, 2.24) is 9.97 Å². The fraction of sp³-hybridized carbons (Fsp3) is 0.556. The van der Waals surface area contributed by atoms with Gasteiger partial charge in [-0.15, -0.1) is 0 Å². The Morgan fingerprint density at radius 1 is 1.67 bits per heavy atom.